The summed E-state index contributed by atoms with van der Waals surface area (Å²) in [6.07, 6.45) is 3.22. The average Bonchev–Trinajstić information content (AvgIpc) is 2.25. The third-order valence-corrected chi connectivity index (χ3v) is 1.73. The summed E-state index contributed by atoms with van der Waals surface area (Å²) in [4.78, 5) is 3.92. The fourth-order valence-corrected chi connectivity index (χ4v) is 1.02. The van der Waals surface area contributed by atoms with Crippen molar-refractivity contribution in [3.8, 4) is 5.75 Å². The summed E-state index contributed by atoms with van der Waals surface area (Å²) in [5.74, 6) is 0.620. The van der Waals surface area contributed by atoms with E-state index in [9.17, 15) is 0 Å². The maximum Gasteiger partial charge on any atom is 0.143 e. The molecule has 0 unspecified atom stereocenters. The third kappa shape index (κ3) is 3.32. The van der Waals surface area contributed by atoms with Gasteiger partial charge in [-0.2, -0.15) is 0 Å². The smallest absolute Gasteiger partial charge is 0.143 e. The highest BCUT2D eigenvalue weighted by molar-refractivity contribution is 5.28. The number of ether oxygens (including phenoxy) is 2. The Morgan fingerprint density at radius 3 is 3.00 bits per heavy atom. The Balaban J connectivity index is 2.41. The highest BCUT2D eigenvalue weighted by Crippen LogP contribution is 2.15. The number of hydrogen-bond acceptors (Lipinski definition) is 4. The van der Waals surface area contributed by atoms with E-state index < -0.39 is 0 Å². The van der Waals surface area contributed by atoms with Gasteiger partial charge in [0.05, 0.1) is 19.4 Å². The molecule has 14 heavy (non-hydrogen) atoms. The van der Waals surface area contributed by atoms with Gasteiger partial charge < -0.3 is 14.6 Å². The first-order valence-corrected chi connectivity index (χ1v) is 4.62. The Morgan fingerprint density at radius 2 is 2.29 bits per heavy atom. The molecule has 1 rings (SSSR count). The van der Waals surface area contributed by atoms with Crippen LogP contribution in [0.4, 0.5) is 0 Å². The fraction of sp³-hybridized carbons (Fsp3) is 0.500. The number of aliphatic hydroxyl groups is 1. The number of aromatic nitrogens is 1. The molecule has 78 valence electrons. The molecule has 4 heteroatoms. The van der Waals surface area contributed by atoms with E-state index in [1.807, 2.05) is 6.92 Å². The van der Waals surface area contributed by atoms with E-state index in [1.165, 1.54) is 0 Å². The molecule has 0 atom stereocenters. The van der Waals surface area contributed by atoms with Gasteiger partial charge in [-0.15, -0.1) is 0 Å². The van der Waals surface area contributed by atoms with Gasteiger partial charge in [-0.1, -0.05) is 0 Å². The lowest BCUT2D eigenvalue weighted by Crippen LogP contribution is -2.07. The standard InChI is InChI=1S/C10H15NO3/c1-2-13-5-6-14-10-7-11-4-3-9(10)8-12/h3-4,7,12H,2,5-6,8H2,1H3. The van der Waals surface area contributed by atoms with Gasteiger partial charge in [0, 0.05) is 18.4 Å². The van der Waals surface area contributed by atoms with Crippen molar-refractivity contribution < 1.29 is 14.6 Å². The van der Waals surface area contributed by atoms with Crippen molar-refractivity contribution in [1.82, 2.24) is 4.98 Å². The second-order valence-electron chi connectivity index (χ2n) is 2.69. The molecular formula is C10H15NO3. The summed E-state index contributed by atoms with van der Waals surface area (Å²) in [7, 11) is 0. The number of hydrogen-bond donors (Lipinski definition) is 1. The molecule has 0 spiro atoms. The molecule has 4 nitrogen and oxygen atoms in total. The molecule has 0 aromatic carbocycles. The number of pyridine rings is 1. The van der Waals surface area contributed by atoms with Gasteiger partial charge in [-0.25, -0.2) is 0 Å². The van der Waals surface area contributed by atoms with E-state index in [0.29, 0.717) is 25.6 Å². The summed E-state index contributed by atoms with van der Waals surface area (Å²) >= 11 is 0. The van der Waals surface area contributed by atoms with E-state index in [2.05, 4.69) is 4.98 Å². The molecule has 0 aliphatic rings. The predicted octanol–water partition coefficient (Wildman–Crippen LogP) is 0.989. The molecule has 1 heterocycles. The minimum absolute atomic E-state index is 0.0352. The van der Waals surface area contributed by atoms with Gasteiger partial charge in [-0.3, -0.25) is 4.98 Å². The summed E-state index contributed by atoms with van der Waals surface area (Å²) in [6.45, 7) is 3.61. The molecule has 0 aliphatic carbocycles. The maximum atomic E-state index is 8.98. The maximum absolute atomic E-state index is 8.98. The Bertz CT molecular complexity index is 265. The van der Waals surface area contributed by atoms with Crippen LogP contribution in [0, 0.1) is 0 Å². The van der Waals surface area contributed by atoms with Crippen LogP contribution < -0.4 is 4.74 Å². The van der Waals surface area contributed by atoms with Crippen LogP contribution in [-0.4, -0.2) is 29.9 Å². The molecule has 0 saturated heterocycles. The van der Waals surface area contributed by atoms with E-state index in [-0.39, 0.29) is 6.61 Å². The lowest BCUT2D eigenvalue weighted by atomic mass is 10.2. The first-order chi connectivity index (χ1) is 6.88. The second kappa shape index (κ2) is 6.34. The van der Waals surface area contributed by atoms with Gasteiger partial charge in [0.1, 0.15) is 12.4 Å². The SMILES string of the molecule is CCOCCOc1cnccc1CO. The minimum atomic E-state index is -0.0352. The summed E-state index contributed by atoms with van der Waals surface area (Å²) < 4.78 is 10.5. The van der Waals surface area contributed by atoms with Gasteiger partial charge in [0.2, 0.25) is 0 Å². The van der Waals surface area contributed by atoms with Crippen LogP contribution in [-0.2, 0) is 11.3 Å². The fourth-order valence-electron chi connectivity index (χ4n) is 1.02. The Kier molecular flexibility index (Phi) is 4.96. The molecule has 0 aliphatic heterocycles. The second-order valence-corrected chi connectivity index (χ2v) is 2.69. The lowest BCUT2D eigenvalue weighted by molar-refractivity contribution is 0.109. The van der Waals surface area contributed by atoms with Crippen molar-refractivity contribution in [1.29, 1.82) is 0 Å². The van der Waals surface area contributed by atoms with E-state index >= 15 is 0 Å². The molecule has 0 bridgehead atoms. The predicted molar refractivity (Wildman–Crippen MR) is 52.1 cm³/mol. The lowest BCUT2D eigenvalue weighted by Gasteiger charge is -2.08. The van der Waals surface area contributed by atoms with E-state index in [4.69, 9.17) is 14.6 Å². The van der Waals surface area contributed by atoms with Crippen LogP contribution in [0.5, 0.6) is 5.75 Å². The molecule has 1 aromatic rings. The van der Waals surface area contributed by atoms with Gasteiger partial charge in [-0.05, 0) is 13.0 Å². The zero-order chi connectivity index (χ0) is 10.2. The number of aliphatic hydroxyl groups excluding tert-OH is 1. The highest BCUT2D eigenvalue weighted by atomic mass is 16.5. The van der Waals surface area contributed by atoms with Crippen LogP contribution in [0.1, 0.15) is 12.5 Å². The summed E-state index contributed by atoms with van der Waals surface area (Å²) in [5.41, 5.74) is 0.747. The average molecular weight is 197 g/mol. The topological polar surface area (TPSA) is 51.6 Å². The van der Waals surface area contributed by atoms with Crippen LogP contribution in [0.25, 0.3) is 0 Å². The Labute approximate surface area is 83.5 Å². The normalized spacial score (nSPS) is 10.1. The molecule has 0 amide bonds. The minimum Gasteiger partial charge on any atom is -0.489 e. The summed E-state index contributed by atoms with van der Waals surface area (Å²) in [6, 6.07) is 1.73. The van der Waals surface area contributed by atoms with E-state index in [1.54, 1.807) is 18.5 Å². The molecule has 1 N–H and O–H groups in total. The molecule has 0 saturated carbocycles. The number of rotatable bonds is 6. The van der Waals surface area contributed by atoms with Crippen molar-refractivity contribution in [3.05, 3.63) is 24.0 Å². The monoisotopic (exact) mass is 197 g/mol. The first kappa shape index (κ1) is 10.9. The molecule has 1 aromatic heterocycles. The van der Waals surface area contributed by atoms with Crippen molar-refractivity contribution >= 4 is 0 Å². The molecule has 0 fully saturated rings. The highest BCUT2D eigenvalue weighted by Gasteiger charge is 2.01. The largest absolute Gasteiger partial charge is 0.489 e. The van der Waals surface area contributed by atoms with E-state index in [0.717, 1.165) is 5.56 Å². The zero-order valence-electron chi connectivity index (χ0n) is 8.27. The molecular weight excluding hydrogens is 182 g/mol. The quantitative estimate of drug-likeness (QED) is 0.691. The van der Waals surface area contributed by atoms with Crippen molar-refractivity contribution in [2.75, 3.05) is 19.8 Å². The molecule has 0 radical (unpaired) electrons. The van der Waals surface area contributed by atoms with Crippen molar-refractivity contribution in [2.45, 2.75) is 13.5 Å². The van der Waals surface area contributed by atoms with Gasteiger partial charge in [0.15, 0.2) is 0 Å². The van der Waals surface area contributed by atoms with Crippen LogP contribution in [0.2, 0.25) is 0 Å². The first-order valence-electron chi connectivity index (χ1n) is 4.62. The van der Waals surface area contributed by atoms with Crippen LogP contribution in [0.3, 0.4) is 0 Å². The van der Waals surface area contributed by atoms with Crippen molar-refractivity contribution in [2.24, 2.45) is 0 Å². The van der Waals surface area contributed by atoms with Crippen LogP contribution in [0.15, 0.2) is 18.5 Å². The summed E-state index contributed by atoms with van der Waals surface area (Å²) in [5, 5.41) is 8.98. The van der Waals surface area contributed by atoms with Gasteiger partial charge >= 0.3 is 0 Å². The van der Waals surface area contributed by atoms with Crippen molar-refractivity contribution in [3.63, 3.8) is 0 Å². The Hall–Kier alpha value is -1.13. The third-order valence-electron chi connectivity index (χ3n) is 1.73. The van der Waals surface area contributed by atoms with Crippen LogP contribution >= 0.6 is 0 Å². The van der Waals surface area contributed by atoms with Gasteiger partial charge in [0.25, 0.3) is 0 Å². The number of nitrogens with zero attached hydrogens (tertiary/aromatic N) is 1. The zero-order valence-corrected chi connectivity index (χ0v) is 8.27. The Morgan fingerprint density at radius 1 is 1.43 bits per heavy atom.